The van der Waals surface area contributed by atoms with Crippen molar-refractivity contribution in [3.63, 3.8) is 0 Å². The van der Waals surface area contributed by atoms with E-state index in [1.54, 1.807) is 0 Å². The van der Waals surface area contributed by atoms with Gasteiger partial charge in [0, 0.05) is 29.9 Å². The number of aliphatic carboxylic acids is 1. The van der Waals surface area contributed by atoms with Crippen molar-refractivity contribution in [2.24, 2.45) is 5.41 Å². The first-order valence-electron chi connectivity index (χ1n) is 7.34. The molecule has 1 fully saturated rings. The molecule has 1 unspecified atom stereocenters. The van der Waals surface area contributed by atoms with Gasteiger partial charge in [-0.1, -0.05) is 18.2 Å². The maximum absolute atomic E-state index is 11.5. The van der Waals surface area contributed by atoms with Gasteiger partial charge in [-0.25, -0.2) is 0 Å². The van der Waals surface area contributed by atoms with Crippen LogP contribution in [-0.2, 0) is 4.79 Å². The summed E-state index contributed by atoms with van der Waals surface area (Å²) in [5.74, 6) is -0.706. The Morgan fingerprint density at radius 1 is 1.38 bits per heavy atom. The van der Waals surface area contributed by atoms with Gasteiger partial charge in [-0.2, -0.15) is 0 Å². The number of carboxylic acids is 1. The maximum Gasteiger partial charge on any atom is 0.311 e. The van der Waals surface area contributed by atoms with Crippen LogP contribution >= 0.6 is 0 Å². The molecule has 21 heavy (non-hydrogen) atoms. The molecule has 0 amide bonds. The standard InChI is InChI=1S/C17H20N2O2/c1-12-10-15(13-6-3-4-7-14(13)18-12)19-9-5-8-17(2,11-19)16(20)21/h3-4,6-7,10H,5,8-9,11H2,1-2H3,(H,20,21). The first-order valence-corrected chi connectivity index (χ1v) is 7.34. The van der Waals surface area contributed by atoms with Crippen LogP contribution in [0.4, 0.5) is 5.69 Å². The molecule has 2 heterocycles. The van der Waals surface area contributed by atoms with Crippen LogP contribution in [-0.4, -0.2) is 29.1 Å². The molecule has 1 aliphatic rings. The Hall–Kier alpha value is -2.10. The number of benzene rings is 1. The van der Waals surface area contributed by atoms with Crippen LogP contribution in [0, 0.1) is 12.3 Å². The second-order valence-corrected chi connectivity index (χ2v) is 6.19. The van der Waals surface area contributed by atoms with Crippen molar-refractivity contribution in [1.82, 2.24) is 4.98 Å². The number of hydrogen-bond donors (Lipinski definition) is 1. The van der Waals surface area contributed by atoms with Crippen molar-refractivity contribution in [2.75, 3.05) is 18.0 Å². The number of aromatic nitrogens is 1. The summed E-state index contributed by atoms with van der Waals surface area (Å²) in [6.45, 7) is 5.28. The summed E-state index contributed by atoms with van der Waals surface area (Å²) in [5, 5.41) is 10.6. The highest BCUT2D eigenvalue weighted by molar-refractivity contribution is 5.92. The van der Waals surface area contributed by atoms with Crippen LogP contribution in [0.15, 0.2) is 30.3 Å². The highest BCUT2D eigenvalue weighted by Crippen LogP contribution is 2.35. The fourth-order valence-corrected chi connectivity index (χ4v) is 3.17. The van der Waals surface area contributed by atoms with Gasteiger partial charge in [-0.15, -0.1) is 0 Å². The minimum atomic E-state index is -0.706. The molecule has 0 saturated carbocycles. The van der Waals surface area contributed by atoms with E-state index in [0.29, 0.717) is 6.54 Å². The Morgan fingerprint density at radius 2 is 2.14 bits per heavy atom. The van der Waals surface area contributed by atoms with Gasteiger partial charge in [0.05, 0.1) is 10.9 Å². The lowest BCUT2D eigenvalue weighted by molar-refractivity contribution is -0.148. The summed E-state index contributed by atoms with van der Waals surface area (Å²) < 4.78 is 0. The molecule has 1 N–H and O–H groups in total. The Labute approximate surface area is 124 Å². The minimum absolute atomic E-state index is 0.551. The third-order valence-corrected chi connectivity index (χ3v) is 4.38. The third-order valence-electron chi connectivity index (χ3n) is 4.38. The summed E-state index contributed by atoms with van der Waals surface area (Å²) in [4.78, 5) is 18.3. The molecule has 4 heteroatoms. The van der Waals surface area contributed by atoms with E-state index in [4.69, 9.17) is 0 Å². The number of carboxylic acid groups (broad SMARTS) is 1. The zero-order chi connectivity index (χ0) is 15.0. The molecule has 3 rings (SSSR count). The number of piperidine rings is 1. The summed E-state index contributed by atoms with van der Waals surface area (Å²) in [6, 6.07) is 10.1. The van der Waals surface area contributed by atoms with Gasteiger partial charge in [0.1, 0.15) is 0 Å². The average Bonchev–Trinajstić information content (AvgIpc) is 2.46. The van der Waals surface area contributed by atoms with Crippen LogP contribution in [0.5, 0.6) is 0 Å². The molecular weight excluding hydrogens is 264 g/mol. The molecule has 0 bridgehead atoms. The smallest absolute Gasteiger partial charge is 0.311 e. The third kappa shape index (κ3) is 2.46. The molecular formula is C17H20N2O2. The Morgan fingerprint density at radius 3 is 2.90 bits per heavy atom. The van der Waals surface area contributed by atoms with Crippen LogP contribution < -0.4 is 4.90 Å². The number of anilines is 1. The van der Waals surface area contributed by atoms with Crippen LogP contribution in [0.1, 0.15) is 25.5 Å². The number of pyridine rings is 1. The van der Waals surface area contributed by atoms with Crippen molar-refractivity contribution in [3.8, 4) is 0 Å². The maximum atomic E-state index is 11.5. The summed E-state index contributed by atoms with van der Waals surface area (Å²) in [5.41, 5.74) is 2.36. The number of rotatable bonds is 2. The summed E-state index contributed by atoms with van der Waals surface area (Å²) in [7, 11) is 0. The van der Waals surface area contributed by atoms with Gasteiger partial charge in [0.25, 0.3) is 0 Å². The van der Waals surface area contributed by atoms with E-state index in [-0.39, 0.29) is 0 Å². The number of para-hydroxylation sites is 1. The average molecular weight is 284 g/mol. The van der Waals surface area contributed by atoms with Gasteiger partial charge in [-0.05, 0) is 38.8 Å². The second kappa shape index (κ2) is 5.02. The van der Waals surface area contributed by atoms with Gasteiger partial charge < -0.3 is 10.0 Å². The molecule has 1 aromatic heterocycles. The molecule has 2 aromatic rings. The molecule has 1 atom stereocenters. The van der Waals surface area contributed by atoms with E-state index in [0.717, 1.165) is 41.7 Å². The quantitative estimate of drug-likeness (QED) is 0.920. The van der Waals surface area contributed by atoms with E-state index in [1.807, 2.05) is 32.0 Å². The fourth-order valence-electron chi connectivity index (χ4n) is 3.17. The highest BCUT2D eigenvalue weighted by atomic mass is 16.4. The molecule has 1 aliphatic heterocycles. The first kappa shape index (κ1) is 13.9. The number of carbonyl (C=O) groups is 1. The Kier molecular flexibility index (Phi) is 3.32. The van der Waals surface area contributed by atoms with Crippen molar-refractivity contribution >= 4 is 22.6 Å². The zero-order valence-corrected chi connectivity index (χ0v) is 12.5. The Bertz CT molecular complexity index is 698. The number of hydrogen-bond acceptors (Lipinski definition) is 3. The van der Waals surface area contributed by atoms with E-state index >= 15 is 0 Å². The van der Waals surface area contributed by atoms with E-state index in [9.17, 15) is 9.90 Å². The molecule has 0 spiro atoms. The topological polar surface area (TPSA) is 53.4 Å². The lowest BCUT2D eigenvalue weighted by Crippen LogP contribution is -2.46. The molecule has 1 aromatic carbocycles. The molecule has 0 aliphatic carbocycles. The van der Waals surface area contributed by atoms with E-state index < -0.39 is 11.4 Å². The number of nitrogens with zero attached hydrogens (tertiary/aromatic N) is 2. The number of fused-ring (bicyclic) bond motifs is 1. The van der Waals surface area contributed by atoms with Crippen LogP contribution in [0.25, 0.3) is 10.9 Å². The summed E-state index contributed by atoms with van der Waals surface area (Å²) >= 11 is 0. The number of aryl methyl sites for hydroxylation is 1. The van der Waals surface area contributed by atoms with Gasteiger partial charge in [0.15, 0.2) is 0 Å². The van der Waals surface area contributed by atoms with Crippen LogP contribution in [0.2, 0.25) is 0 Å². The second-order valence-electron chi connectivity index (χ2n) is 6.19. The monoisotopic (exact) mass is 284 g/mol. The zero-order valence-electron chi connectivity index (χ0n) is 12.5. The highest BCUT2D eigenvalue weighted by Gasteiger charge is 2.38. The molecule has 4 nitrogen and oxygen atoms in total. The normalized spacial score (nSPS) is 22.5. The largest absolute Gasteiger partial charge is 0.481 e. The van der Waals surface area contributed by atoms with E-state index in [1.165, 1.54) is 0 Å². The summed E-state index contributed by atoms with van der Waals surface area (Å²) in [6.07, 6.45) is 1.64. The van der Waals surface area contributed by atoms with Crippen LogP contribution in [0.3, 0.4) is 0 Å². The first-order chi connectivity index (χ1) is 9.99. The van der Waals surface area contributed by atoms with E-state index in [2.05, 4.69) is 22.0 Å². The molecule has 1 saturated heterocycles. The lowest BCUT2D eigenvalue weighted by Gasteiger charge is -2.39. The van der Waals surface area contributed by atoms with Crippen molar-refractivity contribution in [1.29, 1.82) is 0 Å². The molecule has 0 radical (unpaired) electrons. The fraction of sp³-hybridized carbons (Fsp3) is 0.412. The van der Waals surface area contributed by atoms with Gasteiger partial charge in [-0.3, -0.25) is 9.78 Å². The lowest BCUT2D eigenvalue weighted by atomic mass is 9.81. The predicted octanol–water partition coefficient (Wildman–Crippen LogP) is 3.23. The predicted molar refractivity (Wildman–Crippen MR) is 83.7 cm³/mol. The van der Waals surface area contributed by atoms with Crippen molar-refractivity contribution in [3.05, 3.63) is 36.0 Å². The van der Waals surface area contributed by atoms with Crippen molar-refractivity contribution in [2.45, 2.75) is 26.7 Å². The SMILES string of the molecule is Cc1cc(N2CCCC(C)(C(=O)O)C2)c2ccccc2n1. The van der Waals surface area contributed by atoms with Gasteiger partial charge in [0.2, 0.25) is 0 Å². The van der Waals surface area contributed by atoms with Crippen molar-refractivity contribution < 1.29 is 9.90 Å². The molecule has 110 valence electrons. The van der Waals surface area contributed by atoms with Gasteiger partial charge >= 0.3 is 5.97 Å². The minimum Gasteiger partial charge on any atom is -0.481 e. The Balaban J connectivity index is 2.06.